The minimum absolute atomic E-state index is 0.0568. The highest BCUT2D eigenvalue weighted by Crippen LogP contribution is 2.13. The fourth-order valence-corrected chi connectivity index (χ4v) is 4.62. The first-order valence-corrected chi connectivity index (χ1v) is 8.79. The molecule has 16 heavy (non-hydrogen) atoms. The van der Waals surface area contributed by atoms with Gasteiger partial charge in [0.25, 0.3) is 0 Å². The van der Waals surface area contributed by atoms with Gasteiger partial charge < -0.3 is 5.73 Å². The molecule has 1 saturated heterocycles. The SMILES string of the molecule is CS(=O)(=O)CCS(=O)(=O)N1CCC(N)CC1. The zero-order chi connectivity index (χ0) is 12.4. The van der Waals surface area contributed by atoms with E-state index in [0.29, 0.717) is 25.9 Å². The van der Waals surface area contributed by atoms with E-state index in [9.17, 15) is 16.8 Å². The Balaban J connectivity index is 2.58. The smallest absolute Gasteiger partial charge is 0.215 e. The number of piperidine rings is 1. The second kappa shape index (κ2) is 4.99. The van der Waals surface area contributed by atoms with E-state index in [0.717, 1.165) is 6.26 Å². The molecule has 1 fully saturated rings. The molecule has 0 spiro atoms. The maximum Gasteiger partial charge on any atom is 0.215 e. The summed E-state index contributed by atoms with van der Waals surface area (Å²) >= 11 is 0. The fraction of sp³-hybridized carbons (Fsp3) is 1.00. The summed E-state index contributed by atoms with van der Waals surface area (Å²) in [7, 11) is -6.68. The van der Waals surface area contributed by atoms with Crippen LogP contribution in [0.3, 0.4) is 0 Å². The van der Waals surface area contributed by atoms with Crippen LogP contribution in [0.25, 0.3) is 0 Å². The molecule has 0 aromatic heterocycles. The first-order chi connectivity index (χ1) is 7.21. The molecule has 0 aromatic carbocycles. The van der Waals surface area contributed by atoms with Gasteiger partial charge in [-0.05, 0) is 12.8 Å². The summed E-state index contributed by atoms with van der Waals surface area (Å²) in [5.74, 6) is -0.654. The summed E-state index contributed by atoms with van der Waals surface area (Å²) in [5, 5.41) is 0. The Bertz CT molecular complexity index is 421. The van der Waals surface area contributed by atoms with E-state index in [2.05, 4.69) is 0 Å². The second-order valence-corrected chi connectivity index (χ2v) is 8.53. The molecule has 96 valence electrons. The Labute approximate surface area is 96.8 Å². The van der Waals surface area contributed by atoms with E-state index in [4.69, 9.17) is 5.73 Å². The molecule has 1 heterocycles. The summed E-state index contributed by atoms with van der Waals surface area (Å²) in [6, 6.07) is 0.0568. The van der Waals surface area contributed by atoms with Gasteiger partial charge in [-0.15, -0.1) is 0 Å². The third-order valence-corrected chi connectivity index (χ3v) is 5.68. The summed E-state index contributed by atoms with van der Waals surface area (Å²) in [6.07, 6.45) is 2.31. The number of nitrogens with two attached hydrogens (primary N) is 1. The summed E-state index contributed by atoms with van der Waals surface area (Å²) in [6.45, 7) is 0.792. The van der Waals surface area contributed by atoms with Crippen molar-refractivity contribution in [3.63, 3.8) is 0 Å². The van der Waals surface area contributed by atoms with Gasteiger partial charge in [-0.3, -0.25) is 0 Å². The van der Waals surface area contributed by atoms with E-state index in [1.54, 1.807) is 0 Å². The van der Waals surface area contributed by atoms with E-state index < -0.39 is 19.9 Å². The number of rotatable bonds is 4. The van der Waals surface area contributed by atoms with Crippen molar-refractivity contribution in [2.45, 2.75) is 18.9 Å². The molecule has 1 rings (SSSR count). The van der Waals surface area contributed by atoms with Crippen LogP contribution in [0.1, 0.15) is 12.8 Å². The lowest BCUT2D eigenvalue weighted by Crippen LogP contribution is -2.44. The number of hydrogen-bond acceptors (Lipinski definition) is 5. The van der Waals surface area contributed by atoms with Gasteiger partial charge in [0.05, 0.1) is 11.5 Å². The highest BCUT2D eigenvalue weighted by Gasteiger charge is 2.27. The molecule has 0 radical (unpaired) electrons. The fourth-order valence-electron chi connectivity index (χ4n) is 1.54. The van der Waals surface area contributed by atoms with Crippen LogP contribution in [-0.4, -0.2) is 58.0 Å². The van der Waals surface area contributed by atoms with E-state index in [-0.39, 0.29) is 17.5 Å². The summed E-state index contributed by atoms with van der Waals surface area (Å²) in [5.41, 5.74) is 5.67. The van der Waals surface area contributed by atoms with Crippen LogP contribution in [0.5, 0.6) is 0 Å². The largest absolute Gasteiger partial charge is 0.328 e. The minimum atomic E-state index is -3.44. The highest BCUT2D eigenvalue weighted by atomic mass is 32.2. The van der Waals surface area contributed by atoms with E-state index >= 15 is 0 Å². The Kier molecular flexibility index (Phi) is 4.33. The first-order valence-electron chi connectivity index (χ1n) is 5.12. The van der Waals surface area contributed by atoms with Crippen molar-refractivity contribution < 1.29 is 16.8 Å². The molecule has 0 bridgehead atoms. The van der Waals surface area contributed by atoms with Crippen LogP contribution in [0.2, 0.25) is 0 Å². The molecule has 0 atom stereocenters. The number of nitrogens with zero attached hydrogens (tertiary/aromatic N) is 1. The lowest BCUT2D eigenvalue weighted by Gasteiger charge is -2.29. The van der Waals surface area contributed by atoms with Gasteiger partial charge in [0.2, 0.25) is 10.0 Å². The van der Waals surface area contributed by atoms with Crippen molar-refractivity contribution in [2.75, 3.05) is 30.9 Å². The number of sulfone groups is 1. The van der Waals surface area contributed by atoms with Gasteiger partial charge in [-0.2, -0.15) is 0 Å². The van der Waals surface area contributed by atoms with Crippen LogP contribution in [0.15, 0.2) is 0 Å². The zero-order valence-electron chi connectivity index (χ0n) is 9.29. The van der Waals surface area contributed by atoms with Crippen molar-refractivity contribution in [3.05, 3.63) is 0 Å². The average Bonchev–Trinajstić information content (AvgIpc) is 2.15. The Hall–Kier alpha value is -0.180. The van der Waals surface area contributed by atoms with E-state index in [1.807, 2.05) is 0 Å². The Morgan fingerprint density at radius 1 is 1.12 bits per heavy atom. The third kappa shape index (κ3) is 4.36. The van der Waals surface area contributed by atoms with Crippen molar-refractivity contribution >= 4 is 19.9 Å². The molecule has 0 amide bonds. The molecular weight excluding hydrogens is 252 g/mol. The Morgan fingerprint density at radius 2 is 1.62 bits per heavy atom. The molecule has 1 aliphatic rings. The maximum absolute atomic E-state index is 11.8. The van der Waals surface area contributed by atoms with Crippen LogP contribution in [0, 0.1) is 0 Å². The average molecular weight is 270 g/mol. The summed E-state index contributed by atoms with van der Waals surface area (Å²) < 4.78 is 46.7. The van der Waals surface area contributed by atoms with Crippen molar-refractivity contribution in [3.8, 4) is 0 Å². The van der Waals surface area contributed by atoms with Gasteiger partial charge >= 0.3 is 0 Å². The monoisotopic (exact) mass is 270 g/mol. The topological polar surface area (TPSA) is 97.5 Å². The molecule has 0 unspecified atom stereocenters. The quantitative estimate of drug-likeness (QED) is 0.691. The molecular formula is C8H18N2O4S2. The Morgan fingerprint density at radius 3 is 2.06 bits per heavy atom. The van der Waals surface area contributed by atoms with E-state index in [1.165, 1.54) is 4.31 Å². The van der Waals surface area contributed by atoms with Crippen LogP contribution in [-0.2, 0) is 19.9 Å². The number of sulfonamides is 1. The first kappa shape index (κ1) is 13.9. The van der Waals surface area contributed by atoms with Crippen molar-refractivity contribution in [1.82, 2.24) is 4.31 Å². The second-order valence-electron chi connectivity index (χ2n) is 4.18. The highest BCUT2D eigenvalue weighted by molar-refractivity contribution is 7.93. The van der Waals surface area contributed by atoms with Gasteiger partial charge in [-0.25, -0.2) is 21.1 Å². The lowest BCUT2D eigenvalue weighted by atomic mass is 10.1. The molecule has 0 saturated carbocycles. The van der Waals surface area contributed by atoms with Gasteiger partial charge in [0, 0.05) is 25.4 Å². The lowest BCUT2D eigenvalue weighted by molar-refractivity contribution is 0.320. The zero-order valence-corrected chi connectivity index (χ0v) is 10.9. The van der Waals surface area contributed by atoms with Crippen molar-refractivity contribution in [2.24, 2.45) is 5.73 Å². The van der Waals surface area contributed by atoms with Gasteiger partial charge in [0.1, 0.15) is 9.84 Å². The predicted octanol–water partition coefficient (Wildman–Crippen LogP) is -1.22. The third-order valence-electron chi connectivity index (χ3n) is 2.60. The summed E-state index contributed by atoms with van der Waals surface area (Å²) in [4.78, 5) is 0. The normalized spacial score (nSPS) is 21.1. The molecule has 0 aromatic rings. The number of hydrogen-bond donors (Lipinski definition) is 1. The van der Waals surface area contributed by atoms with Crippen molar-refractivity contribution in [1.29, 1.82) is 0 Å². The standard InChI is InChI=1S/C8H18N2O4S2/c1-15(11,12)6-7-16(13,14)10-4-2-8(9)3-5-10/h8H,2-7,9H2,1H3. The van der Waals surface area contributed by atoms with Gasteiger partial charge in [0.15, 0.2) is 0 Å². The molecule has 6 nitrogen and oxygen atoms in total. The maximum atomic E-state index is 11.8. The van der Waals surface area contributed by atoms with Crippen LogP contribution >= 0.6 is 0 Å². The van der Waals surface area contributed by atoms with Crippen LogP contribution < -0.4 is 5.73 Å². The predicted molar refractivity (Wildman–Crippen MR) is 62.3 cm³/mol. The van der Waals surface area contributed by atoms with Gasteiger partial charge in [-0.1, -0.05) is 0 Å². The molecule has 2 N–H and O–H groups in total. The van der Waals surface area contributed by atoms with Crippen LogP contribution in [0.4, 0.5) is 0 Å². The minimum Gasteiger partial charge on any atom is -0.328 e. The molecule has 1 aliphatic heterocycles. The molecule has 0 aliphatic carbocycles. The molecule has 8 heteroatoms.